The van der Waals surface area contributed by atoms with E-state index in [1.807, 2.05) is 6.92 Å². The van der Waals surface area contributed by atoms with Gasteiger partial charge in [0.25, 0.3) is 0 Å². The summed E-state index contributed by atoms with van der Waals surface area (Å²) in [6.07, 6.45) is 0.250. The van der Waals surface area contributed by atoms with Crippen molar-refractivity contribution in [1.29, 1.82) is 0 Å². The molecule has 0 spiro atoms. The summed E-state index contributed by atoms with van der Waals surface area (Å²) < 4.78 is 9.68. The maximum atomic E-state index is 11.5. The van der Waals surface area contributed by atoms with Gasteiger partial charge in [-0.05, 0) is 12.3 Å². The molecule has 3 unspecified atom stereocenters. The summed E-state index contributed by atoms with van der Waals surface area (Å²) in [5.74, 6) is -0.966. The lowest BCUT2D eigenvalue weighted by atomic mass is 9.83. The highest BCUT2D eigenvalue weighted by Gasteiger charge is 2.49. The Labute approximate surface area is 93.7 Å². The van der Waals surface area contributed by atoms with Gasteiger partial charge in [0.05, 0.1) is 25.0 Å². The number of ether oxygens (including phenoxy) is 2. The van der Waals surface area contributed by atoms with Crippen LogP contribution in [0.25, 0.3) is 0 Å². The van der Waals surface area contributed by atoms with Gasteiger partial charge in [0.1, 0.15) is 0 Å². The number of carbonyl (C=O) groups is 1. The molecule has 16 heavy (non-hydrogen) atoms. The average molecular weight is 228 g/mol. The number of aliphatic hydroxyl groups excluding tert-OH is 2. The number of carbonyl (C=O) groups excluding carboxylic acids is 1. The van der Waals surface area contributed by atoms with E-state index in [0.717, 1.165) is 0 Å². The fourth-order valence-corrected chi connectivity index (χ4v) is 2.69. The minimum absolute atomic E-state index is 0.0895. The molecule has 0 aromatic heterocycles. The molecule has 1 heterocycles. The topological polar surface area (TPSA) is 76.0 Å². The Bertz CT molecular complexity index is 324. The van der Waals surface area contributed by atoms with Crippen LogP contribution in [0.5, 0.6) is 0 Å². The third-order valence-electron chi connectivity index (χ3n) is 3.66. The van der Waals surface area contributed by atoms with E-state index < -0.39 is 18.4 Å². The summed E-state index contributed by atoms with van der Waals surface area (Å²) in [6, 6.07) is 0. The SMILES string of the molecule is COC(=O)C1=COC(O)[C@@H]2C(C)C(O)C[C@@H]12. The number of methoxy groups -OCH3 is 1. The van der Waals surface area contributed by atoms with Gasteiger partial charge in [-0.3, -0.25) is 0 Å². The maximum Gasteiger partial charge on any atom is 0.337 e. The van der Waals surface area contributed by atoms with Gasteiger partial charge < -0.3 is 19.7 Å². The molecule has 5 atom stereocenters. The van der Waals surface area contributed by atoms with Crippen molar-refractivity contribution in [2.75, 3.05) is 7.11 Å². The minimum Gasteiger partial charge on any atom is -0.472 e. The van der Waals surface area contributed by atoms with Crippen molar-refractivity contribution in [3.05, 3.63) is 11.8 Å². The lowest BCUT2D eigenvalue weighted by Gasteiger charge is -2.31. The molecular weight excluding hydrogens is 212 g/mol. The quantitative estimate of drug-likeness (QED) is 0.619. The molecule has 1 aliphatic carbocycles. The molecule has 0 aromatic carbocycles. The Morgan fingerprint density at radius 1 is 1.56 bits per heavy atom. The molecule has 5 heteroatoms. The van der Waals surface area contributed by atoms with Crippen molar-refractivity contribution in [3.63, 3.8) is 0 Å². The first-order valence-electron chi connectivity index (χ1n) is 5.36. The molecule has 1 aliphatic heterocycles. The van der Waals surface area contributed by atoms with Crippen LogP contribution in [0, 0.1) is 17.8 Å². The van der Waals surface area contributed by atoms with Crippen molar-refractivity contribution in [3.8, 4) is 0 Å². The fraction of sp³-hybridized carbons (Fsp3) is 0.727. The normalized spacial score (nSPS) is 42.0. The minimum atomic E-state index is -0.953. The molecule has 0 bridgehead atoms. The first-order valence-corrected chi connectivity index (χ1v) is 5.36. The van der Waals surface area contributed by atoms with Crippen LogP contribution in [0.1, 0.15) is 13.3 Å². The van der Waals surface area contributed by atoms with Gasteiger partial charge in [-0.2, -0.15) is 0 Å². The smallest absolute Gasteiger partial charge is 0.337 e. The number of aliphatic hydroxyl groups is 2. The Balaban J connectivity index is 2.28. The van der Waals surface area contributed by atoms with E-state index >= 15 is 0 Å². The molecular formula is C11H16O5. The molecule has 2 N–H and O–H groups in total. The standard InChI is InChI=1S/C11H16O5/c1-5-8(12)3-6-7(10(13)15-2)4-16-11(14)9(5)6/h4-6,8-9,11-12,14H,3H2,1-2H3/t5?,6-,8?,9+,11?/m0/s1. The Hall–Kier alpha value is -1.07. The third-order valence-corrected chi connectivity index (χ3v) is 3.66. The number of rotatable bonds is 1. The van der Waals surface area contributed by atoms with Gasteiger partial charge in [-0.15, -0.1) is 0 Å². The van der Waals surface area contributed by atoms with Crippen molar-refractivity contribution < 1.29 is 24.5 Å². The zero-order valence-corrected chi connectivity index (χ0v) is 9.29. The average Bonchev–Trinajstić information content (AvgIpc) is 2.56. The zero-order valence-electron chi connectivity index (χ0n) is 9.29. The van der Waals surface area contributed by atoms with Crippen LogP contribution in [0.3, 0.4) is 0 Å². The predicted octanol–water partition coefficient (Wildman–Crippen LogP) is 0.0250. The van der Waals surface area contributed by atoms with E-state index in [1.54, 1.807) is 0 Å². The summed E-state index contributed by atoms with van der Waals surface area (Å²) in [5, 5.41) is 19.5. The molecule has 0 radical (unpaired) electrons. The number of hydrogen-bond donors (Lipinski definition) is 2. The van der Waals surface area contributed by atoms with Gasteiger partial charge in [0.15, 0.2) is 6.29 Å². The Morgan fingerprint density at radius 2 is 2.25 bits per heavy atom. The van der Waals surface area contributed by atoms with Crippen LogP contribution < -0.4 is 0 Å². The monoisotopic (exact) mass is 228 g/mol. The van der Waals surface area contributed by atoms with Crippen LogP contribution in [-0.2, 0) is 14.3 Å². The molecule has 90 valence electrons. The molecule has 0 amide bonds. The highest BCUT2D eigenvalue weighted by Crippen LogP contribution is 2.45. The van der Waals surface area contributed by atoms with Gasteiger partial charge in [0.2, 0.25) is 0 Å². The van der Waals surface area contributed by atoms with Gasteiger partial charge >= 0.3 is 5.97 Å². The van der Waals surface area contributed by atoms with Gasteiger partial charge in [0, 0.05) is 11.8 Å². The number of fused-ring (bicyclic) bond motifs is 1. The van der Waals surface area contributed by atoms with Crippen LogP contribution in [0.4, 0.5) is 0 Å². The van der Waals surface area contributed by atoms with Crippen molar-refractivity contribution >= 4 is 5.97 Å². The van der Waals surface area contributed by atoms with Crippen molar-refractivity contribution in [2.24, 2.45) is 17.8 Å². The molecule has 1 saturated carbocycles. The maximum absolute atomic E-state index is 11.5. The van der Waals surface area contributed by atoms with E-state index in [4.69, 9.17) is 4.74 Å². The number of hydrogen-bond acceptors (Lipinski definition) is 5. The molecule has 0 saturated heterocycles. The first-order chi connectivity index (χ1) is 7.56. The largest absolute Gasteiger partial charge is 0.472 e. The lowest BCUT2D eigenvalue weighted by Crippen LogP contribution is -2.36. The summed E-state index contributed by atoms with van der Waals surface area (Å²) in [5.41, 5.74) is 0.404. The zero-order chi connectivity index (χ0) is 11.9. The molecule has 1 fully saturated rings. The van der Waals surface area contributed by atoms with Gasteiger partial charge in [-0.25, -0.2) is 4.79 Å². The van der Waals surface area contributed by atoms with E-state index in [2.05, 4.69) is 4.74 Å². The fourth-order valence-electron chi connectivity index (χ4n) is 2.69. The lowest BCUT2D eigenvalue weighted by molar-refractivity contribution is -0.145. The van der Waals surface area contributed by atoms with E-state index in [1.165, 1.54) is 13.4 Å². The molecule has 5 nitrogen and oxygen atoms in total. The van der Waals surface area contributed by atoms with Crippen molar-refractivity contribution in [1.82, 2.24) is 0 Å². The summed E-state index contributed by atoms with van der Waals surface area (Å²) in [4.78, 5) is 11.5. The predicted molar refractivity (Wildman–Crippen MR) is 54.0 cm³/mol. The summed E-state index contributed by atoms with van der Waals surface area (Å²) in [7, 11) is 1.30. The Morgan fingerprint density at radius 3 is 2.88 bits per heavy atom. The van der Waals surface area contributed by atoms with Crippen molar-refractivity contribution in [2.45, 2.75) is 25.7 Å². The summed E-state index contributed by atoms with van der Waals surface area (Å²) in [6.45, 7) is 1.85. The second-order valence-corrected chi connectivity index (χ2v) is 4.44. The third kappa shape index (κ3) is 1.60. The van der Waals surface area contributed by atoms with Gasteiger partial charge in [-0.1, -0.05) is 6.92 Å². The van der Waals surface area contributed by atoms with E-state index in [9.17, 15) is 15.0 Å². The van der Waals surface area contributed by atoms with Crippen LogP contribution in [0.2, 0.25) is 0 Å². The number of esters is 1. The van der Waals surface area contributed by atoms with E-state index in [0.29, 0.717) is 12.0 Å². The Kier molecular flexibility index (Phi) is 2.90. The second-order valence-electron chi connectivity index (χ2n) is 4.44. The summed E-state index contributed by atoms with van der Waals surface area (Å²) >= 11 is 0. The highest BCUT2D eigenvalue weighted by molar-refractivity contribution is 5.89. The van der Waals surface area contributed by atoms with Crippen LogP contribution in [0.15, 0.2) is 11.8 Å². The first kappa shape index (κ1) is 11.4. The molecule has 0 aromatic rings. The molecule has 2 rings (SSSR count). The highest BCUT2D eigenvalue weighted by atomic mass is 16.6. The van der Waals surface area contributed by atoms with Crippen LogP contribution >= 0.6 is 0 Å². The second kappa shape index (κ2) is 4.07. The van der Waals surface area contributed by atoms with Crippen LogP contribution in [-0.4, -0.2) is 35.7 Å². The van der Waals surface area contributed by atoms with E-state index in [-0.39, 0.29) is 17.8 Å². The molecule has 2 aliphatic rings.